The van der Waals surface area contributed by atoms with Gasteiger partial charge in [0.25, 0.3) is 0 Å². The van der Waals surface area contributed by atoms with E-state index in [1.807, 2.05) is 0 Å². The molecule has 0 spiro atoms. The molecule has 27 heavy (non-hydrogen) atoms. The third-order valence-corrected chi connectivity index (χ3v) is 7.05. The van der Waals surface area contributed by atoms with E-state index in [0.717, 1.165) is 0 Å². The number of hydrogen-bond acceptors (Lipinski definition) is 6. The largest absolute Gasteiger partial charge is 0.379 e. The molecule has 1 aliphatic rings. The second-order valence-electron chi connectivity index (χ2n) is 5.98. The zero-order chi connectivity index (χ0) is 19.4. The first kappa shape index (κ1) is 19.9. The van der Waals surface area contributed by atoms with Gasteiger partial charge in [-0.1, -0.05) is 11.8 Å². The number of ketones is 1. The fraction of sp³-hybridized carbons (Fsp3) is 0.333. The summed E-state index contributed by atoms with van der Waals surface area (Å²) in [7, 11) is -3.59. The second-order valence-corrected chi connectivity index (χ2v) is 9.28. The molecule has 0 radical (unpaired) electrons. The first-order chi connectivity index (χ1) is 12.9. The second kappa shape index (κ2) is 8.47. The van der Waals surface area contributed by atoms with Gasteiger partial charge in [0.2, 0.25) is 10.0 Å². The first-order valence-electron chi connectivity index (χ1n) is 8.38. The minimum atomic E-state index is -3.59. The van der Waals surface area contributed by atoms with Crippen LogP contribution in [0.5, 0.6) is 0 Å². The number of Topliss-reactive ketones (excluding diaryl/α,β-unsaturated/α-hetero) is 1. The van der Waals surface area contributed by atoms with Crippen LogP contribution in [0.1, 0.15) is 17.3 Å². The summed E-state index contributed by atoms with van der Waals surface area (Å²) < 4.78 is 44.7. The molecule has 0 bridgehead atoms. The smallest absolute Gasteiger partial charge is 0.244 e. The number of thioether (sulfide) groups is 1. The molecule has 2 heterocycles. The van der Waals surface area contributed by atoms with E-state index in [-0.39, 0.29) is 10.7 Å². The van der Waals surface area contributed by atoms with E-state index >= 15 is 0 Å². The number of carbonyl (C=O) groups excluding carboxylic acids is 1. The Balaban J connectivity index is 1.68. The zero-order valence-electron chi connectivity index (χ0n) is 14.7. The van der Waals surface area contributed by atoms with Gasteiger partial charge in [-0.3, -0.25) is 4.79 Å². The summed E-state index contributed by atoms with van der Waals surface area (Å²) in [5.41, 5.74) is 0.419. The fourth-order valence-corrected chi connectivity index (χ4v) is 4.83. The van der Waals surface area contributed by atoms with Crippen molar-refractivity contribution >= 4 is 27.6 Å². The number of pyridine rings is 1. The molecule has 2 aromatic rings. The van der Waals surface area contributed by atoms with Crippen molar-refractivity contribution in [3.63, 3.8) is 0 Å². The molecular formula is C18H19FN2O4S2. The minimum absolute atomic E-state index is 0.117. The number of rotatable bonds is 6. The normalized spacial score (nSPS) is 16.8. The average Bonchev–Trinajstić information content (AvgIpc) is 2.69. The molecule has 6 nitrogen and oxygen atoms in total. The van der Waals surface area contributed by atoms with E-state index in [9.17, 15) is 17.6 Å². The summed E-state index contributed by atoms with van der Waals surface area (Å²) in [4.78, 5) is 16.7. The molecule has 1 atom stereocenters. The SMILES string of the molecule is CC(Sc1ccc(S(=O)(=O)N2CCOCC2)cn1)C(=O)c1ccc(F)cc1. The topological polar surface area (TPSA) is 76.6 Å². The lowest BCUT2D eigenvalue weighted by atomic mass is 10.1. The van der Waals surface area contributed by atoms with Crippen molar-refractivity contribution in [2.45, 2.75) is 22.1 Å². The van der Waals surface area contributed by atoms with Crippen molar-refractivity contribution in [2.75, 3.05) is 26.3 Å². The lowest BCUT2D eigenvalue weighted by Crippen LogP contribution is -2.40. The Bertz CT molecular complexity index is 896. The number of ether oxygens (including phenoxy) is 1. The Morgan fingerprint density at radius 1 is 1.19 bits per heavy atom. The molecule has 1 aromatic carbocycles. The third-order valence-electron chi connectivity index (χ3n) is 4.11. The number of halogens is 1. The number of hydrogen-bond donors (Lipinski definition) is 0. The van der Waals surface area contributed by atoms with Gasteiger partial charge in [0.15, 0.2) is 5.78 Å². The summed E-state index contributed by atoms with van der Waals surface area (Å²) in [6, 6.07) is 8.46. The molecule has 1 aromatic heterocycles. The van der Waals surface area contributed by atoms with Gasteiger partial charge < -0.3 is 4.74 Å². The van der Waals surface area contributed by atoms with Crippen LogP contribution in [0.15, 0.2) is 52.5 Å². The summed E-state index contributed by atoms with van der Waals surface area (Å²) in [5, 5.41) is 0.101. The molecule has 1 fully saturated rings. The van der Waals surface area contributed by atoms with Gasteiger partial charge in [0, 0.05) is 24.8 Å². The summed E-state index contributed by atoms with van der Waals surface area (Å²) >= 11 is 1.22. The quantitative estimate of drug-likeness (QED) is 0.538. The van der Waals surface area contributed by atoms with E-state index in [0.29, 0.717) is 36.9 Å². The number of aromatic nitrogens is 1. The highest BCUT2D eigenvalue weighted by molar-refractivity contribution is 8.00. The molecule has 9 heteroatoms. The van der Waals surface area contributed by atoms with Crippen LogP contribution in [0.25, 0.3) is 0 Å². The molecule has 0 N–H and O–H groups in total. The van der Waals surface area contributed by atoms with Gasteiger partial charge >= 0.3 is 0 Å². The monoisotopic (exact) mass is 410 g/mol. The maximum atomic E-state index is 13.0. The van der Waals surface area contributed by atoms with Crippen LogP contribution in [0.4, 0.5) is 4.39 Å². The average molecular weight is 410 g/mol. The highest BCUT2D eigenvalue weighted by atomic mass is 32.2. The molecule has 144 valence electrons. The molecule has 3 rings (SSSR count). The maximum absolute atomic E-state index is 13.0. The van der Waals surface area contributed by atoms with E-state index in [1.54, 1.807) is 13.0 Å². The zero-order valence-corrected chi connectivity index (χ0v) is 16.3. The molecule has 0 saturated carbocycles. The summed E-state index contributed by atoms with van der Waals surface area (Å²) in [6.45, 7) is 3.13. The lowest BCUT2D eigenvalue weighted by Gasteiger charge is -2.25. The van der Waals surface area contributed by atoms with E-state index in [2.05, 4.69) is 4.98 Å². The van der Waals surface area contributed by atoms with Crippen LogP contribution in [-0.2, 0) is 14.8 Å². The van der Waals surface area contributed by atoms with Crippen molar-refractivity contribution in [1.82, 2.24) is 9.29 Å². The maximum Gasteiger partial charge on any atom is 0.244 e. The Morgan fingerprint density at radius 3 is 2.44 bits per heavy atom. The number of sulfonamides is 1. The van der Waals surface area contributed by atoms with Gasteiger partial charge in [-0.25, -0.2) is 17.8 Å². The van der Waals surface area contributed by atoms with Gasteiger partial charge in [-0.15, -0.1) is 0 Å². The number of nitrogens with zero attached hydrogens (tertiary/aromatic N) is 2. The first-order valence-corrected chi connectivity index (χ1v) is 10.7. The summed E-state index contributed by atoms with van der Waals surface area (Å²) in [5.74, 6) is -0.544. The van der Waals surface area contributed by atoms with E-state index in [4.69, 9.17) is 4.74 Å². The van der Waals surface area contributed by atoms with Crippen LogP contribution in [0, 0.1) is 5.82 Å². The highest BCUT2D eigenvalue weighted by Gasteiger charge is 2.26. The van der Waals surface area contributed by atoms with Gasteiger partial charge in [0.05, 0.1) is 23.5 Å². The van der Waals surface area contributed by atoms with Crippen LogP contribution in [0.3, 0.4) is 0 Å². The minimum Gasteiger partial charge on any atom is -0.379 e. The molecule has 1 saturated heterocycles. The lowest BCUT2D eigenvalue weighted by molar-refractivity contribution is 0.0730. The Hall–Kier alpha value is -1.81. The van der Waals surface area contributed by atoms with Crippen molar-refractivity contribution in [1.29, 1.82) is 0 Å². The van der Waals surface area contributed by atoms with Gasteiger partial charge in [0.1, 0.15) is 10.7 Å². The number of morpholine rings is 1. The van der Waals surface area contributed by atoms with Gasteiger partial charge in [-0.05, 0) is 43.3 Å². The standard InChI is InChI=1S/C18H19FN2O4S2/c1-13(18(22)14-2-4-15(19)5-3-14)26-17-7-6-16(12-20-17)27(23,24)21-8-10-25-11-9-21/h2-7,12-13H,8-11H2,1H3. The van der Waals surface area contributed by atoms with Crippen molar-refractivity contribution in [3.8, 4) is 0 Å². The Morgan fingerprint density at radius 2 is 1.85 bits per heavy atom. The van der Waals surface area contributed by atoms with Crippen molar-refractivity contribution < 1.29 is 22.3 Å². The predicted molar refractivity (Wildman–Crippen MR) is 99.9 cm³/mol. The predicted octanol–water partition coefficient (Wildman–Crippen LogP) is 2.61. The Labute approximate surface area is 161 Å². The fourth-order valence-electron chi connectivity index (χ4n) is 2.61. The molecule has 1 unspecified atom stereocenters. The molecule has 0 aliphatic carbocycles. The number of carbonyl (C=O) groups is 1. The molecular weight excluding hydrogens is 391 g/mol. The van der Waals surface area contributed by atoms with Crippen molar-refractivity contribution in [3.05, 3.63) is 54.0 Å². The van der Waals surface area contributed by atoms with Crippen molar-refractivity contribution in [2.24, 2.45) is 0 Å². The van der Waals surface area contributed by atoms with Gasteiger partial charge in [-0.2, -0.15) is 4.31 Å². The van der Waals surface area contributed by atoms with Crippen LogP contribution in [0.2, 0.25) is 0 Å². The Kier molecular flexibility index (Phi) is 6.25. The summed E-state index contributed by atoms with van der Waals surface area (Å²) in [6.07, 6.45) is 1.31. The van der Waals surface area contributed by atoms with Crippen LogP contribution in [-0.4, -0.2) is 55.0 Å². The third kappa shape index (κ3) is 4.73. The highest BCUT2D eigenvalue weighted by Crippen LogP contribution is 2.25. The van der Waals surface area contributed by atoms with Crippen LogP contribution >= 0.6 is 11.8 Å². The molecule has 1 aliphatic heterocycles. The van der Waals surface area contributed by atoms with Crippen LogP contribution < -0.4 is 0 Å². The molecule has 0 amide bonds. The van der Waals surface area contributed by atoms with E-state index < -0.39 is 21.1 Å². The van der Waals surface area contributed by atoms with E-state index in [1.165, 1.54) is 52.6 Å². The number of benzene rings is 1.